The molecule has 0 aliphatic carbocycles. The lowest BCUT2D eigenvalue weighted by atomic mass is 10.1. The number of hydrogen-bond donors (Lipinski definition) is 1. The fraction of sp³-hybridized carbons (Fsp3) is 0.967. The van der Waals surface area contributed by atoms with Crippen molar-refractivity contribution in [2.45, 2.75) is 148 Å². The third kappa shape index (κ3) is 26.2. The zero-order valence-electron chi connectivity index (χ0n) is 23.9. The second-order valence-electron chi connectivity index (χ2n) is 10.4. The highest BCUT2D eigenvalue weighted by Gasteiger charge is 2.17. The number of rotatable bonds is 28. The molecule has 0 aliphatic rings. The third-order valence-electron chi connectivity index (χ3n) is 6.73. The molecule has 0 radical (unpaired) electrons. The fourth-order valence-corrected chi connectivity index (χ4v) is 4.46. The summed E-state index contributed by atoms with van der Waals surface area (Å²) in [5, 5.41) is 9.19. The average Bonchev–Trinajstić information content (AvgIpc) is 2.83. The van der Waals surface area contributed by atoms with E-state index in [1.807, 2.05) is 11.9 Å². The van der Waals surface area contributed by atoms with E-state index in [0.717, 1.165) is 25.9 Å². The third-order valence-corrected chi connectivity index (χ3v) is 6.73. The summed E-state index contributed by atoms with van der Waals surface area (Å²) in [6, 6.07) is 0. The molecule has 0 saturated carbocycles. The second-order valence-corrected chi connectivity index (χ2v) is 10.4. The summed E-state index contributed by atoms with van der Waals surface area (Å²) >= 11 is 0. The number of carbonyl (C=O) groups excluding carboxylic acids is 1. The van der Waals surface area contributed by atoms with Gasteiger partial charge in [-0.25, -0.2) is 0 Å². The number of hydrogen-bond acceptors (Lipinski definition) is 5. The Hall–Kier alpha value is -0.650. The minimum Gasteiger partial charge on any atom is -0.459 e. The maximum absolute atomic E-state index is 12.4. The molecule has 0 heterocycles. The van der Waals surface area contributed by atoms with Gasteiger partial charge in [0.25, 0.3) is 0 Å². The number of aliphatic hydroxyl groups is 1. The first-order chi connectivity index (χ1) is 17.1. The highest BCUT2D eigenvalue weighted by Crippen LogP contribution is 2.12. The maximum atomic E-state index is 12.4. The first kappa shape index (κ1) is 34.4. The van der Waals surface area contributed by atoms with Crippen LogP contribution in [0.1, 0.15) is 142 Å². The molecular weight excluding hydrogens is 438 g/mol. The number of carbonyl (C=O) groups is 1. The van der Waals surface area contributed by atoms with Crippen molar-refractivity contribution < 1.29 is 19.4 Å². The Morgan fingerprint density at radius 2 is 1.17 bits per heavy atom. The molecule has 0 aromatic carbocycles. The molecule has 0 bridgehead atoms. The standard InChI is InChI=1S/C30H61NO4/c1-4-6-8-10-12-14-16-18-20-22-26-34-28-29(27-31(3)24-25-32)35-30(33)23-21-19-17-15-13-11-9-7-5-2/h29,32H,4-28H2,1-3H3. The summed E-state index contributed by atoms with van der Waals surface area (Å²) in [6.45, 7) is 6.96. The number of ether oxygens (including phenoxy) is 2. The van der Waals surface area contributed by atoms with Gasteiger partial charge in [0.05, 0.1) is 13.2 Å². The lowest BCUT2D eigenvalue weighted by Gasteiger charge is -2.23. The van der Waals surface area contributed by atoms with Crippen LogP contribution in [0.2, 0.25) is 0 Å². The van der Waals surface area contributed by atoms with Crippen LogP contribution in [-0.2, 0) is 14.3 Å². The predicted octanol–water partition coefficient (Wildman–Crippen LogP) is 7.68. The summed E-state index contributed by atoms with van der Waals surface area (Å²) in [6.07, 6.45) is 24.5. The van der Waals surface area contributed by atoms with Crippen molar-refractivity contribution in [3.63, 3.8) is 0 Å². The zero-order chi connectivity index (χ0) is 25.8. The minimum atomic E-state index is -0.263. The van der Waals surface area contributed by atoms with Crippen LogP contribution < -0.4 is 0 Å². The van der Waals surface area contributed by atoms with Crippen molar-refractivity contribution in [3.05, 3.63) is 0 Å². The van der Waals surface area contributed by atoms with Gasteiger partial charge in [0, 0.05) is 26.1 Å². The van der Waals surface area contributed by atoms with Crippen LogP contribution in [0.5, 0.6) is 0 Å². The number of nitrogens with zero attached hydrogens (tertiary/aromatic N) is 1. The smallest absolute Gasteiger partial charge is 0.306 e. The van der Waals surface area contributed by atoms with Gasteiger partial charge in [0.1, 0.15) is 6.10 Å². The Labute approximate surface area is 218 Å². The van der Waals surface area contributed by atoms with Crippen molar-refractivity contribution in [1.82, 2.24) is 4.90 Å². The first-order valence-corrected chi connectivity index (χ1v) is 15.2. The van der Waals surface area contributed by atoms with Crippen molar-refractivity contribution >= 4 is 5.97 Å². The van der Waals surface area contributed by atoms with Gasteiger partial charge in [0.2, 0.25) is 0 Å². The van der Waals surface area contributed by atoms with Crippen molar-refractivity contribution in [3.8, 4) is 0 Å². The van der Waals surface area contributed by atoms with E-state index in [-0.39, 0.29) is 18.7 Å². The molecule has 0 saturated heterocycles. The zero-order valence-corrected chi connectivity index (χ0v) is 23.9. The molecule has 35 heavy (non-hydrogen) atoms. The molecular formula is C30H61NO4. The topological polar surface area (TPSA) is 59.0 Å². The van der Waals surface area contributed by atoms with Gasteiger partial charge in [-0.2, -0.15) is 0 Å². The summed E-state index contributed by atoms with van der Waals surface area (Å²) in [5.41, 5.74) is 0. The van der Waals surface area contributed by atoms with E-state index in [0.29, 0.717) is 26.1 Å². The molecule has 0 aromatic rings. The molecule has 0 aliphatic heterocycles. The molecule has 0 aromatic heterocycles. The predicted molar refractivity (Wildman–Crippen MR) is 149 cm³/mol. The lowest BCUT2D eigenvalue weighted by Crippen LogP contribution is -2.37. The maximum Gasteiger partial charge on any atom is 0.306 e. The van der Waals surface area contributed by atoms with Gasteiger partial charge < -0.3 is 19.5 Å². The number of esters is 1. The Bertz CT molecular complexity index is 433. The number of unbranched alkanes of at least 4 members (excludes halogenated alkanes) is 17. The highest BCUT2D eigenvalue weighted by molar-refractivity contribution is 5.69. The van der Waals surface area contributed by atoms with Gasteiger partial charge in [-0.15, -0.1) is 0 Å². The molecule has 5 heteroatoms. The van der Waals surface area contributed by atoms with Crippen molar-refractivity contribution in [2.75, 3.05) is 40.0 Å². The average molecular weight is 500 g/mol. The van der Waals surface area contributed by atoms with Gasteiger partial charge in [-0.05, 0) is 19.9 Å². The van der Waals surface area contributed by atoms with E-state index < -0.39 is 0 Å². The van der Waals surface area contributed by atoms with Crippen LogP contribution in [0.3, 0.4) is 0 Å². The first-order valence-electron chi connectivity index (χ1n) is 15.2. The van der Waals surface area contributed by atoms with E-state index in [1.54, 1.807) is 0 Å². The molecule has 0 fully saturated rings. The van der Waals surface area contributed by atoms with Crippen LogP contribution in [0.25, 0.3) is 0 Å². The lowest BCUT2D eigenvalue weighted by molar-refractivity contribution is -0.153. The van der Waals surface area contributed by atoms with Gasteiger partial charge in [0.15, 0.2) is 0 Å². The van der Waals surface area contributed by atoms with Gasteiger partial charge in [-0.3, -0.25) is 4.79 Å². The molecule has 210 valence electrons. The second kappa shape index (κ2) is 27.9. The molecule has 1 atom stereocenters. The molecule has 1 unspecified atom stereocenters. The fourth-order valence-electron chi connectivity index (χ4n) is 4.46. The number of likely N-dealkylation sites (N-methyl/N-ethyl adjacent to an activating group) is 1. The Balaban J connectivity index is 3.90. The van der Waals surface area contributed by atoms with E-state index >= 15 is 0 Å². The number of aliphatic hydroxyl groups excluding tert-OH is 1. The van der Waals surface area contributed by atoms with E-state index in [1.165, 1.54) is 103 Å². The van der Waals surface area contributed by atoms with E-state index in [9.17, 15) is 9.90 Å². The molecule has 1 N–H and O–H groups in total. The summed E-state index contributed by atoms with van der Waals surface area (Å²) in [5.74, 6) is -0.113. The molecule has 0 rings (SSSR count). The van der Waals surface area contributed by atoms with Gasteiger partial charge >= 0.3 is 5.97 Å². The molecule has 0 amide bonds. The summed E-state index contributed by atoms with van der Waals surface area (Å²) < 4.78 is 11.6. The van der Waals surface area contributed by atoms with Crippen LogP contribution in [0.4, 0.5) is 0 Å². The van der Waals surface area contributed by atoms with E-state index in [4.69, 9.17) is 9.47 Å². The Morgan fingerprint density at radius 3 is 1.66 bits per heavy atom. The van der Waals surface area contributed by atoms with E-state index in [2.05, 4.69) is 13.8 Å². The van der Waals surface area contributed by atoms with Crippen molar-refractivity contribution in [2.24, 2.45) is 0 Å². The van der Waals surface area contributed by atoms with Gasteiger partial charge in [-0.1, -0.05) is 123 Å². The van der Waals surface area contributed by atoms with Crippen LogP contribution >= 0.6 is 0 Å². The van der Waals surface area contributed by atoms with Crippen LogP contribution in [-0.4, -0.2) is 62.0 Å². The Morgan fingerprint density at radius 1 is 0.714 bits per heavy atom. The van der Waals surface area contributed by atoms with Crippen LogP contribution in [0, 0.1) is 0 Å². The SMILES string of the molecule is CCCCCCCCCCCCOCC(CN(C)CCO)OC(=O)CCCCCCCCCCC. The van der Waals surface area contributed by atoms with Crippen LogP contribution in [0.15, 0.2) is 0 Å². The summed E-state index contributed by atoms with van der Waals surface area (Å²) in [7, 11) is 1.94. The van der Waals surface area contributed by atoms with Crippen molar-refractivity contribution in [1.29, 1.82) is 0 Å². The molecule has 0 spiro atoms. The highest BCUT2D eigenvalue weighted by atomic mass is 16.6. The minimum absolute atomic E-state index is 0.106. The quantitative estimate of drug-likeness (QED) is 0.0883. The summed E-state index contributed by atoms with van der Waals surface area (Å²) in [4.78, 5) is 14.4. The largest absolute Gasteiger partial charge is 0.459 e. The monoisotopic (exact) mass is 499 g/mol. The normalized spacial score (nSPS) is 12.4. The molecule has 5 nitrogen and oxygen atoms in total. The Kier molecular flexibility index (Phi) is 27.4.